The molecule has 0 amide bonds. The highest BCUT2D eigenvalue weighted by Gasteiger charge is 2.07. The van der Waals surface area contributed by atoms with Crippen molar-refractivity contribution >= 4 is 22.2 Å². The van der Waals surface area contributed by atoms with Crippen molar-refractivity contribution in [2.24, 2.45) is 0 Å². The number of aromatic nitrogens is 2. The van der Waals surface area contributed by atoms with E-state index in [-0.39, 0.29) is 0 Å². The van der Waals surface area contributed by atoms with E-state index in [0.29, 0.717) is 13.2 Å². The van der Waals surface area contributed by atoms with Gasteiger partial charge in [-0.25, -0.2) is 9.97 Å². The molecule has 0 aliphatic carbocycles. The molecule has 4 aromatic rings. The zero-order valence-electron chi connectivity index (χ0n) is 12.3. The Morgan fingerprint density at radius 2 is 1.26 bits per heavy atom. The fourth-order valence-electron chi connectivity index (χ4n) is 2.38. The van der Waals surface area contributed by atoms with Crippen molar-refractivity contribution in [2.45, 2.75) is 6.42 Å². The Morgan fingerprint density at radius 1 is 0.739 bits per heavy atom. The summed E-state index contributed by atoms with van der Waals surface area (Å²) in [5.74, 6) is 1.43. The minimum absolute atomic E-state index is 0.529. The van der Waals surface area contributed by atoms with E-state index < -0.39 is 0 Å². The number of rotatable bonds is 6. The zero-order valence-corrected chi connectivity index (χ0v) is 12.3. The van der Waals surface area contributed by atoms with Gasteiger partial charge in [0, 0.05) is 6.42 Å². The summed E-state index contributed by atoms with van der Waals surface area (Å²) in [6.07, 6.45) is 3.57. The van der Waals surface area contributed by atoms with Gasteiger partial charge in [0.15, 0.2) is 35.0 Å². The molecular formula is C17H14N2O4. The second-order valence-electron chi connectivity index (χ2n) is 4.96. The van der Waals surface area contributed by atoms with Crippen molar-refractivity contribution in [1.82, 2.24) is 9.97 Å². The number of hydrogen-bond acceptors (Lipinski definition) is 6. The maximum atomic E-state index is 5.75. The van der Waals surface area contributed by atoms with Crippen LogP contribution >= 0.6 is 0 Å². The number of para-hydroxylation sites is 2. The maximum absolute atomic E-state index is 5.75. The summed E-state index contributed by atoms with van der Waals surface area (Å²) in [4.78, 5) is 8.30. The minimum atomic E-state index is 0.529. The summed E-state index contributed by atoms with van der Waals surface area (Å²) in [6.45, 7) is 1.06. The second kappa shape index (κ2) is 6.00. The van der Waals surface area contributed by atoms with E-state index in [9.17, 15) is 0 Å². The Labute approximate surface area is 131 Å². The summed E-state index contributed by atoms with van der Waals surface area (Å²) >= 11 is 0. The molecule has 2 aromatic carbocycles. The smallest absolute Gasteiger partial charge is 0.182 e. The molecule has 6 nitrogen and oxygen atoms in total. The molecule has 2 heterocycles. The fraction of sp³-hybridized carbons (Fsp3) is 0.176. The van der Waals surface area contributed by atoms with Gasteiger partial charge in [-0.1, -0.05) is 12.1 Å². The van der Waals surface area contributed by atoms with Crippen LogP contribution in [0.2, 0.25) is 0 Å². The van der Waals surface area contributed by atoms with Crippen molar-refractivity contribution in [2.75, 3.05) is 13.2 Å². The van der Waals surface area contributed by atoms with Gasteiger partial charge in [0.25, 0.3) is 0 Å². The third-order valence-electron chi connectivity index (χ3n) is 3.45. The number of benzene rings is 2. The fourth-order valence-corrected chi connectivity index (χ4v) is 2.38. The van der Waals surface area contributed by atoms with Crippen LogP contribution in [0.4, 0.5) is 0 Å². The third-order valence-corrected chi connectivity index (χ3v) is 3.45. The van der Waals surface area contributed by atoms with Gasteiger partial charge >= 0.3 is 0 Å². The van der Waals surface area contributed by atoms with Gasteiger partial charge in [-0.2, -0.15) is 0 Å². The van der Waals surface area contributed by atoms with E-state index >= 15 is 0 Å². The van der Waals surface area contributed by atoms with Gasteiger partial charge in [-0.3, -0.25) is 0 Å². The summed E-state index contributed by atoms with van der Waals surface area (Å²) in [7, 11) is 0. The van der Waals surface area contributed by atoms with Crippen LogP contribution in [0.25, 0.3) is 22.2 Å². The molecule has 0 saturated heterocycles. The summed E-state index contributed by atoms with van der Waals surface area (Å²) in [6, 6.07) is 11.2. The Kier molecular flexibility index (Phi) is 3.56. The Morgan fingerprint density at radius 3 is 1.78 bits per heavy atom. The van der Waals surface area contributed by atoms with Crippen molar-refractivity contribution in [3.8, 4) is 11.5 Å². The first-order valence-electron chi connectivity index (χ1n) is 7.32. The molecule has 0 aliphatic rings. The highest BCUT2D eigenvalue weighted by Crippen LogP contribution is 2.25. The van der Waals surface area contributed by atoms with Gasteiger partial charge in [0.1, 0.15) is 11.5 Å². The predicted octanol–water partition coefficient (Wildman–Crippen LogP) is 3.82. The Hall–Kier alpha value is -3.02. The lowest BCUT2D eigenvalue weighted by Crippen LogP contribution is -2.05. The molecule has 0 saturated carbocycles. The van der Waals surface area contributed by atoms with E-state index in [1.54, 1.807) is 0 Å². The van der Waals surface area contributed by atoms with Crippen LogP contribution < -0.4 is 9.47 Å². The van der Waals surface area contributed by atoms with Crippen LogP contribution in [0.15, 0.2) is 58.0 Å². The Balaban J connectivity index is 1.32. The molecule has 6 heteroatoms. The SMILES string of the molecule is c1cc(OCCCOc2cccc3ocnc23)c2ncoc2c1. The standard InChI is InChI=1S/C17H14N2O4/c1-4-12(16-14(6-1)22-10-18-16)20-8-3-9-21-13-5-2-7-15-17(13)19-11-23-15/h1-2,4-7,10-11H,3,8-9H2. The van der Waals surface area contributed by atoms with Gasteiger partial charge in [-0.05, 0) is 24.3 Å². The number of ether oxygens (including phenoxy) is 2. The van der Waals surface area contributed by atoms with Crippen LogP contribution in [0, 0.1) is 0 Å². The molecule has 0 aliphatic heterocycles. The summed E-state index contributed by atoms with van der Waals surface area (Å²) < 4.78 is 22.0. The topological polar surface area (TPSA) is 70.5 Å². The van der Waals surface area contributed by atoms with E-state index in [4.69, 9.17) is 18.3 Å². The molecule has 23 heavy (non-hydrogen) atoms. The third kappa shape index (κ3) is 2.70. The molecular weight excluding hydrogens is 296 g/mol. The molecule has 0 unspecified atom stereocenters. The molecule has 0 spiro atoms. The van der Waals surface area contributed by atoms with Gasteiger partial charge < -0.3 is 18.3 Å². The number of hydrogen-bond donors (Lipinski definition) is 0. The van der Waals surface area contributed by atoms with Gasteiger partial charge in [0.2, 0.25) is 0 Å². The van der Waals surface area contributed by atoms with Crippen LogP contribution in [0.3, 0.4) is 0 Å². The average molecular weight is 310 g/mol. The molecule has 116 valence electrons. The lowest BCUT2D eigenvalue weighted by Gasteiger charge is -2.08. The van der Waals surface area contributed by atoms with Crippen LogP contribution in [-0.2, 0) is 0 Å². The van der Waals surface area contributed by atoms with Crippen LogP contribution in [-0.4, -0.2) is 23.2 Å². The quantitative estimate of drug-likeness (QED) is 0.504. The first-order valence-corrected chi connectivity index (χ1v) is 7.32. The van der Waals surface area contributed by atoms with E-state index in [1.165, 1.54) is 12.8 Å². The highest BCUT2D eigenvalue weighted by atomic mass is 16.5. The minimum Gasteiger partial charge on any atom is -0.491 e. The van der Waals surface area contributed by atoms with Crippen molar-refractivity contribution in [1.29, 1.82) is 0 Å². The first kappa shape index (κ1) is 13.6. The average Bonchev–Trinajstić information content (AvgIpc) is 3.24. The zero-order chi connectivity index (χ0) is 15.5. The van der Waals surface area contributed by atoms with Crippen molar-refractivity contribution < 1.29 is 18.3 Å². The molecule has 2 aromatic heterocycles. The predicted molar refractivity (Wildman–Crippen MR) is 83.6 cm³/mol. The Bertz CT molecular complexity index is 852. The molecule has 4 rings (SSSR count). The molecule has 0 fully saturated rings. The highest BCUT2D eigenvalue weighted by molar-refractivity contribution is 5.79. The maximum Gasteiger partial charge on any atom is 0.182 e. The summed E-state index contributed by atoms with van der Waals surface area (Å²) in [5.41, 5.74) is 2.91. The van der Waals surface area contributed by atoms with E-state index in [1.807, 2.05) is 36.4 Å². The lowest BCUT2D eigenvalue weighted by atomic mass is 10.3. The van der Waals surface area contributed by atoms with Gasteiger partial charge in [0.05, 0.1) is 13.2 Å². The lowest BCUT2D eigenvalue weighted by molar-refractivity contribution is 0.250. The van der Waals surface area contributed by atoms with Crippen molar-refractivity contribution in [3.05, 3.63) is 49.2 Å². The normalized spacial score (nSPS) is 11.1. The van der Waals surface area contributed by atoms with Crippen LogP contribution in [0.1, 0.15) is 6.42 Å². The number of oxazole rings is 2. The molecule has 0 atom stereocenters. The number of nitrogens with zero attached hydrogens (tertiary/aromatic N) is 2. The molecule has 0 radical (unpaired) electrons. The first-order chi connectivity index (χ1) is 11.4. The number of fused-ring (bicyclic) bond motifs is 2. The van der Waals surface area contributed by atoms with E-state index in [0.717, 1.165) is 40.1 Å². The van der Waals surface area contributed by atoms with Crippen LogP contribution in [0.5, 0.6) is 11.5 Å². The summed E-state index contributed by atoms with van der Waals surface area (Å²) in [5, 5.41) is 0. The van der Waals surface area contributed by atoms with Gasteiger partial charge in [-0.15, -0.1) is 0 Å². The second-order valence-corrected chi connectivity index (χ2v) is 4.96. The molecule has 0 N–H and O–H groups in total. The largest absolute Gasteiger partial charge is 0.491 e. The van der Waals surface area contributed by atoms with E-state index in [2.05, 4.69) is 9.97 Å². The van der Waals surface area contributed by atoms with Crippen molar-refractivity contribution in [3.63, 3.8) is 0 Å². The monoisotopic (exact) mass is 310 g/mol. The molecule has 0 bridgehead atoms.